The van der Waals surface area contributed by atoms with E-state index in [0.29, 0.717) is 48.6 Å². The highest BCUT2D eigenvalue weighted by atomic mass is 32.2. The molecular formula is C33H45F3N6OS. The molecule has 1 aromatic carbocycles. The third-order valence-electron chi connectivity index (χ3n) is 8.76. The van der Waals surface area contributed by atoms with E-state index in [1.807, 2.05) is 7.05 Å². The number of alkyl halides is 3. The number of nitrogens with one attached hydrogen (secondary N) is 2. The lowest BCUT2D eigenvalue weighted by atomic mass is 9.92. The molecule has 0 radical (unpaired) electrons. The number of benzene rings is 1. The summed E-state index contributed by atoms with van der Waals surface area (Å²) >= 11 is 1.61. The molecule has 2 fully saturated rings. The number of nitrogens with zero attached hydrogens (tertiary/aromatic N) is 3. The van der Waals surface area contributed by atoms with Crippen LogP contribution in [0.1, 0.15) is 74.7 Å². The van der Waals surface area contributed by atoms with Gasteiger partial charge in [0.2, 0.25) is 0 Å². The highest BCUT2D eigenvalue weighted by molar-refractivity contribution is 7.97. The van der Waals surface area contributed by atoms with Gasteiger partial charge in [0.1, 0.15) is 5.82 Å². The maximum Gasteiger partial charge on any atom is 0.281 e. The molecule has 1 unspecified atom stereocenters. The van der Waals surface area contributed by atoms with Gasteiger partial charge in [0, 0.05) is 40.3 Å². The summed E-state index contributed by atoms with van der Waals surface area (Å²) in [5.74, 6) is -2.22. The maximum absolute atomic E-state index is 13.9. The second kappa shape index (κ2) is 14.9. The smallest absolute Gasteiger partial charge is 0.281 e. The number of halogens is 3. The summed E-state index contributed by atoms with van der Waals surface area (Å²) in [7, 11) is 1.92. The van der Waals surface area contributed by atoms with Crippen molar-refractivity contribution < 1.29 is 18.0 Å². The maximum atomic E-state index is 13.9. The number of carbonyl (C=O) groups is 1. The average molecular weight is 631 g/mol. The van der Waals surface area contributed by atoms with E-state index >= 15 is 0 Å². The molecule has 44 heavy (non-hydrogen) atoms. The SMILES string of the molecule is CNSc1cccc(CCCNC2CN(c3nc(N=C/C=C(\N)CCCC4(C(F)(F)CF)CC4)ccc3C=O)C(C)(C)C2)c1. The molecule has 2 heterocycles. The van der Waals surface area contributed by atoms with Gasteiger partial charge in [-0.3, -0.25) is 9.52 Å². The summed E-state index contributed by atoms with van der Waals surface area (Å²) in [4.78, 5) is 24.5. The fourth-order valence-corrected chi connectivity index (χ4v) is 6.67. The summed E-state index contributed by atoms with van der Waals surface area (Å²) in [5, 5.41) is 3.70. The van der Waals surface area contributed by atoms with Gasteiger partial charge in [-0.15, -0.1) is 0 Å². The quantitative estimate of drug-likeness (QED) is 0.0766. The largest absolute Gasteiger partial charge is 0.402 e. The first-order chi connectivity index (χ1) is 21.0. The second-order valence-electron chi connectivity index (χ2n) is 12.5. The molecule has 1 saturated heterocycles. The van der Waals surface area contributed by atoms with Crippen LogP contribution in [0.3, 0.4) is 0 Å². The van der Waals surface area contributed by atoms with Crippen LogP contribution < -0.4 is 20.7 Å². The summed E-state index contributed by atoms with van der Waals surface area (Å²) in [6, 6.07) is 12.2. The fourth-order valence-electron chi connectivity index (χ4n) is 6.08. The first-order valence-corrected chi connectivity index (χ1v) is 16.2. The van der Waals surface area contributed by atoms with E-state index in [0.717, 1.165) is 38.6 Å². The van der Waals surface area contributed by atoms with Gasteiger partial charge in [-0.05, 0) is 127 Å². The Balaban J connectivity index is 1.31. The van der Waals surface area contributed by atoms with Crippen molar-refractivity contribution in [2.24, 2.45) is 16.1 Å². The van der Waals surface area contributed by atoms with E-state index in [-0.39, 0.29) is 18.0 Å². The molecule has 1 atom stereocenters. The standard InChI is InChI=1S/C33H45F3N6OS/c1-31(2)20-27(39-17-6-8-24-7-4-10-28(19-24)44-38-3)21-42(31)30-25(22-43)11-12-29(41-30)40-18-13-26(37)9-5-14-32(15-16-32)33(35,36)23-34/h4,7,10-13,18-19,22,27,38-39H,5-6,8-9,14-17,20-21,23,37H2,1-3H3/b26-13-,40-18?. The van der Waals surface area contributed by atoms with Gasteiger partial charge in [0.05, 0.1) is 5.56 Å². The molecule has 0 spiro atoms. The third kappa shape index (κ3) is 8.63. The minimum absolute atomic E-state index is 0.217. The molecule has 240 valence electrons. The zero-order valence-electron chi connectivity index (χ0n) is 25.9. The summed E-state index contributed by atoms with van der Waals surface area (Å²) in [6.07, 6.45) is 8.78. The second-order valence-corrected chi connectivity index (χ2v) is 13.6. The van der Waals surface area contributed by atoms with Crippen molar-refractivity contribution >= 4 is 36.1 Å². The molecule has 11 heteroatoms. The molecule has 2 aliphatic rings. The molecule has 0 amide bonds. The molecule has 4 rings (SSSR count). The molecule has 2 aromatic rings. The Labute approximate surface area is 263 Å². The number of nitrogens with two attached hydrogens (primary N) is 1. The molecule has 7 nitrogen and oxygen atoms in total. The minimum atomic E-state index is -3.26. The van der Waals surface area contributed by atoms with Gasteiger partial charge in [0.15, 0.2) is 18.8 Å². The zero-order valence-corrected chi connectivity index (χ0v) is 26.7. The van der Waals surface area contributed by atoms with Crippen LogP contribution in [0.4, 0.5) is 24.8 Å². The molecule has 1 aliphatic carbocycles. The number of anilines is 1. The third-order valence-corrected chi connectivity index (χ3v) is 9.45. The van der Waals surface area contributed by atoms with Gasteiger partial charge < -0.3 is 16.0 Å². The molecule has 1 aliphatic heterocycles. The van der Waals surface area contributed by atoms with Gasteiger partial charge in [0.25, 0.3) is 5.92 Å². The number of hydrogen-bond acceptors (Lipinski definition) is 8. The van der Waals surface area contributed by atoms with Gasteiger partial charge >= 0.3 is 0 Å². The van der Waals surface area contributed by atoms with Crippen LogP contribution in [-0.4, -0.2) is 61.8 Å². The summed E-state index contributed by atoms with van der Waals surface area (Å²) in [6.45, 7) is 4.32. The summed E-state index contributed by atoms with van der Waals surface area (Å²) < 4.78 is 43.6. The van der Waals surface area contributed by atoms with Crippen molar-refractivity contribution in [1.29, 1.82) is 0 Å². The van der Waals surface area contributed by atoms with Crippen molar-refractivity contribution in [3.05, 3.63) is 59.3 Å². The van der Waals surface area contributed by atoms with Gasteiger partial charge in [-0.25, -0.2) is 23.1 Å². The Morgan fingerprint density at radius 2 is 2.05 bits per heavy atom. The van der Waals surface area contributed by atoms with Crippen LogP contribution in [0, 0.1) is 5.41 Å². The van der Waals surface area contributed by atoms with Crippen LogP contribution in [0.25, 0.3) is 0 Å². The number of pyridine rings is 1. The van der Waals surface area contributed by atoms with Crippen molar-refractivity contribution in [2.45, 2.75) is 87.6 Å². The van der Waals surface area contributed by atoms with E-state index in [9.17, 15) is 18.0 Å². The first-order valence-electron chi connectivity index (χ1n) is 15.3. The number of aliphatic imine (C=N–C) groups is 1. The highest BCUT2D eigenvalue weighted by Crippen LogP contribution is 2.60. The van der Waals surface area contributed by atoms with E-state index in [2.05, 4.69) is 58.0 Å². The Hall–Kier alpha value is -2.89. The fraction of sp³-hybridized carbons (Fsp3) is 0.545. The lowest BCUT2D eigenvalue weighted by Crippen LogP contribution is -2.39. The van der Waals surface area contributed by atoms with E-state index in [1.54, 1.807) is 30.2 Å². The van der Waals surface area contributed by atoms with Crippen LogP contribution >= 0.6 is 11.9 Å². The van der Waals surface area contributed by atoms with Gasteiger partial charge in [-0.1, -0.05) is 12.1 Å². The number of carbonyl (C=O) groups excluding carboxylic acids is 1. The topological polar surface area (TPSA) is 95.6 Å². The Kier molecular flexibility index (Phi) is 11.5. The number of allylic oxidation sites excluding steroid dienone is 2. The van der Waals surface area contributed by atoms with E-state index in [4.69, 9.17) is 10.7 Å². The van der Waals surface area contributed by atoms with Crippen molar-refractivity contribution in [3.63, 3.8) is 0 Å². The molecule has 1 saturated carbocycles. The normalized spacial score (nSPS) is 19.5. The van der Waals surface area contributed by atoms with Crippen LogP contribution in [0.15, 0.2) is 58.1 Å². The van der Waals surface area contributed by atoms with Crippen molar-refractivity contribution in [3.8, 4) is 0 Å². The van der Waals surface area contributed by atoms with E-state index in [1.165, 1.54) is 16.7 Å². The Morgan fingerprint density at radius 3 is 2.75 bits per heavy atom. The first kappa shape index (κ1) is 34.0. The van der Waals surface area contributed by atoms with E-state index < -0.39 is 18.0 Å². The monoisotopic (exact) mass is 630 g/mol. The average Bonchev–Trinajstić information content (AvgIpc) is 3.73. The van der Waals surface area contributed by atoms with Crippen LogP contribution in [-0.2, 0) is 6.42 Å². The number of rotatable bonds is 17. The molecule has 4 N–H and O–H groups in total. The van der Waals surface area contributed by atoms with Gasteiger partial charge in [-0.2, -0.15) is 0 Å². The van der Waals surface area contributed by atoms with Crippen LogP contribution in [0.5, 0.6) is 0 Å². The summed E-state index contributed by atoms with van der Waals surface area (Å²) in [5.41, 5.74) is 7.00. The van der Waals surface area contributed by atoms with Crippen molar-refractivity contribution in [2.75, 3.05) is 31.7 Å². The van der Waals surface area contributed by atoms with Crippen molar-refractivity contribution in [1.82, 2.24) is 15.0 Å². The lowest BCUT2D eigenvalue weighted by Gasteiger charge is -2.33. The minimum Gasteiger partial charge on any atom is -0.402 e. The highest BCUT2D eigenvalue weighted by Gasteiger charge is 2.61. The predicted octanol–water partition coefficient (Wildman–Crippen LogP) is 6.80. The molecule has 1 aromatic heterocycles. The van der Waals surface area contributed by atoms with Crippen LogP contribution in [0.2, 0.25) is 0 Å². The lowest BCUT2D eigenvalue weighted by molar-refractivity contribution is -0.0930. The Bertz CT molecular complexity index is 1330. The number of aromatic nitrogens is 1. The number of hydrogen-bond donors (Lipinski definition) is 3. The predicted molar refractivity (Wildman–Crippen MR) is 174 cm³/mol. The number of aldehydes is 1. The molecular weight excluding hydrogens is 585 g/mol. The molecule has 0 bridgehead atoms. The Morgan fingerprint density at radius 1 is 1.25 bits per heavy atom. The number of aryl methyl sites for hydroxylation is 1. The zero-order chi connectivity index (χ0) is 31.8.